The fourth-order valence-electron chi connectivity index (χ4n) is 2.18. The van der Waals surface area contributed by atoms with E-state index >= 15 is 0 Å². The van der Waals surface area contributed by atoms with Crippen molar-refractivity contribution in [3.05, 3.63) is 36.2 Å². The van der Waals surface area contributed by atoms with Gasteiger partial charge >= 0.3 is 0 Å². The highest BCUT2D eigenvalue weighted by atomic mass is 32.2. The summed E-state index contributed by atoms with van der Waals surface area (Å²) in [6.45, 7) is 2.37. The number of ether oxygens (including phenoxy) is 1. The Morgan fingerprint density at radius 3 is 2.74 bits per heavy atom. The lowest BCUT2D eigenvalue weighted by Gasteiger charge is -2.09. The van der Waals surface area contributed by atoms with Gasteiger partial charge in [0.1, 0.15) is 6.61 Å². The molecule has 11 heteroatoms. The maximum atomic E-state index is 12.3. The summed E-state index contributed by atoms with van der Waals surface area (Å²) in [5.41, 5.74) is 0.919. The topological polar surface area (TPSA) is 94.8 Å². The molecule has 3 aromatic rings. The number of anilines is 1. The van der Waals surface area contributed by atoms with Gasteiger partial charge in [0.2, 0.25) is 11.0 Å². The van der Waals surface area contributed by atoms with E-state index in [1.54, 1.807) is 18.9 Å². The second kappa shape index (κ2) is 9.83. The Balaban J connectivity index is 1.67. The molecule has 0 aliphatic rings. The lowest BCUT2D eigenvalue weighted by atomic mass is 10.3. The number of aromatic nitrogens is 5. The van der Waals surface area contributed by atoms with Gasteiger partial charge in [-0.05, 0) is 17.9 Å². The number of para-hydroxylation sites is 1. The number of hydrogen-bond donors (Lipinski definition) is 1. The summed E-state index contributed by atoms with van der Waals surface area (Å²) in [7, 11) is 1.61. The van der Waals surface area contributed by atoms with E-state index < -0.39 is 0 Å². The molecule has 0 saturated carbocycles. The number of carbonyl (C=O) groups excluding carboxylic acids is 1. The smallest absolute Gasteiger partial charge is 0.236 e. The zero-order chi connectivity index (χ0) is 19.1. The summed E-state index contributed by atoms with van der Waals surface area (Å²) in [6, 6.07) is 9.74. The molecule has 0 radical (unpaired) electrons. The Kier molecular flexibility index (Phi) is 7.21. The van der Waals surface area contributed by atoms with Crippen molar-refractivity contribution >= 4 is 45.9 Å². The molecule has 0 fully saturated rings. The molecular formula is C16H18N6O2S3. The van der Waals surface area contributed by atoms with Crippen LogP contribution in [-0.2, 0) is 16.1 Å². The number of thioether (sulfide) groups is 2. The summed E-state index contributed by atoms with van der Waals surface area (Å²) in [4.78, 5) is 12.3. The number of nitrogens with zero attached hydrogens (tertiary/aromatic N) is 5. The minimum absolute atomic E-state index is 0.167. The average molecular weight is 423 g/mol. The lowest BCUT2D eigenvalue weighted by Crippen LogP contribution is -2.14. The number of methoxy groups -OCH3 is 1. The standard InChI is InChI=1S/C16H18N6O2S3/c1-3-25-16-21-19-14(27-16)17-13(23)10-26-15-20-18-12(9-24-2)22(15)11-7-5-4-6-8-11/h4-8H,3,9-10H2,1-2H3,(H,17,19,23). The highest BCUT2D eigenvalue weighted by molar-refractivity contribution is 8.01. The van der Waals surface area contributed by atoms with Crippen LogP contribution in [0.4, 0.5) is 5.13 Å². The summed E-state index contributed by atoms with van der Waals surface area (Å²) in [6.07, 6.45) is 0. The van der Waals surface area contributed by atoms with E-state index in [0.29, 0.717) is 22.7 Å². The Morgan fingerprint density at radius 2 is 2.00 bits per heavy atom. The van der Waals surface area contributed by atoms with E-state index in [1.165, 1.54) is 23.1 Å². The lowest BCUT2D eigenvalue weighted by molar-refractivity contribution is -0.113. The molecule has 1 N–H and O–H groups in total. The molecule has 0 spiro atoms. The van der Waals surface area contributed by atoms with Gasteiger partial charge in [0.15, 0.2) is 15.3 Å². The van der Waals surface area contributed by atoms with Crippen LogP contribution in [0.2, 0.25) is 0 Å². The highest BCUT2D eigenvalue weighted by Gasteiger charge is 2.16. The molecule has 1 aromatic carbocycles. The zero-order valence-corrected chi connectivity index (χ0v) is 17.2. The summed E-state index contributed by atoms with van der Waals surface area (Å²) < 4.78 is 7.93. The monoisotopic (exact) mass is 422 g/mol. The van der Waals surface area contributed by atoms with E-state index in [0.717, 1.165) is 15.8 Å². The van der Waals surface area contributed by atoms with Gasteiger partial charge in [0.25, 0.3) is 0 Å². The van der Waals surface area contributed by atoms with Crippen molar-refractivity contribution in [3.63, 3.8) is 0 Å². The first kappa shape index (κ1) is 19.8. The number of hydrogen-bond acceptors (Lipinski definition) is 9. The van der Waals surface area contributed by atoms with Gasteiger partial charge in [-0.3, -0.25) is 14.7 Å². The van der Waals surface area contributed by atoms with Crippen molar-refractivity contribution in [1.29, 1.82) is 0 Å². The number of benzene rings is 1. The van der Waals surface area contributed by atoms with Crippen LogP contribution < -0.4 is 5.32 Å². The zero-order valence-electron chi connectivity index (χ0n) is 14.8. The molecule has 0 saturated heterocycles. The molecule has 0 atom stereocenters. The molecule has 2 aromatic heterocycles. The third-order valence-electron chi connectivity index (χ3n) is 3.24. The van der Waals surface area contributed by atoms with Crippen molar-refractivity contribution in [2.75, 3.05) is 23.9 Å². The first-order chi connectivity index (χ1) is 13.2. The maximum absolute atomic E-state index is 12.3. The molecule has 0 aliphatic carbocycles. The quantitative estimate of drug-likeness (QED) is 0.415. The van der Waals surface area contributed by atoms with Gasteiger partial charge in [-0.1, -0.05) is 60.0 Å². The van der Waals surface area contributed by atoms with Crippen LogP contribution in [0.15, 0.2) is 39.8 Å². The van der Waals surface area contributed by atoms with Gasteiger partial charge in [-0.15, -0.1) is 20.4 Å². The van der Waals surface area contributed by atoms with Gasteiger partial charge in [0, 0.05) is 12.8 Å². The van der Waals surface area contributed by atoms with Gasteiger partial charge in [-0.2, -0.15) is 0 Å². The molecule has 8 nitrogen and oxygen atoms in total. The Hall–Kier alpha value is -1.95. The van der Waals surface area contributed by atoms with E-state index in [-0.39, 0.29) is 11.7 Å². The molecule has 142 valence electrons. The van der Waals surface area contributed by atoms with Crippen LogP contribution in [0.1, 0.15) is 12.7 Å². The number of amides is 1. The van der Waals surface area contributed by atoms with E-state index in [1.807, 2.05) is 41.8 Å². The summed E-state index contributed by atoms with van der Waals surface area (Å²) >= 11 is 4.27. The second-order valence-corrected chi connectivity index (χ2v) is 8.58. The van der Waals surface area contributed by atoms with E-state index in [2.05, 4.69) is 25.7 Å². The number of nitrogens with one attached hydrogen (secondary N) is 1. The maximum Gasteiger partial charge on any atom is 0.236 e. The third kappa shape index (κ3) is 5.28. The predicted molar refractivity (Wildman–Crippen MR) is 108 cm³/mol. The first-order valence-electron chi connectivity index (χ1n) is 8.09. The molecule has 0 unspecified atom stereocenters. The van der Waals surface area contributed by atoms with Crippen LogP contribution in [-0.4, -0.2) is 49.5 Å². The summed E-state index contributed by atoms with van der Waals surface area (Å²) in [5.74, 6) is 1.61. The minimum Gasteiger partial charge on any atom is -0.377 e. The van der Waals surface area contributed by atoms with Crippen molar-refractivity contribution in [1.82, 2.24) is 25.0 Å². The SMILES string of the molecule is CCSc1nnc(NC(=O)CSc2nnc(COC)n2-c2ccccc2)s1. The van der Waals surface area contributed by atoms with Crippen LogP contribution >= 0.6 is 34.9 Å². The molecule has 2 heterocycles. The van der Waals surface area contributed by atoms with Gasteiger partial charge in [-0.25, -0.2) is 0 Å². The van der Waals surface area contributed by atoms with Crippen molar-refractivity contribution < 1.29 is 9.53 Å². The molecule has 1 amide bonds. The van der Waals surface area contributed by atoms with Gasteiger partial charge < -0.3 is 4.74 Å². The largest absolute Gasteiger partial charge is 0.377 e. The predicted octanol–water partition coefficient (Wildman–Crippen LogP) is 3.11. The fourth-order valence-corrected chi connectivity index (χ4v) is 4.62. The van der Waals surface area contributed by atoms with Crippen molar-refractivity contribution in [2.24, 2.45) is 0 Å². The molecule has 0 bridgehead atoms. The first-order valence-corrected chi connectivity index (χ1v) is 10.9. The molecule has 3 rings (SSSR count). The van der Waals surface area contributed by atoms with Crippen molar-refractivity contribution in [3.8, 4) is 5.69 Å². The Morgan fingerprint density at radius 1 is 1.19 bits per heavy atom. The fraction of sp³-hybridized carbons (Fsp3) is 0.312. The molecule has 0 aliphatic heterocycles. The van der Waals surface area contributed by atoms with Gasteiger partial charge in [0.05, 0.1) is 5.75 Å². The Labute approximate surface area is 169 Å². The Bertz CT molecular complexity index is 883. The van der Waals surface area contributed by atoms with Crippen LogP contribution in [0.25, 0.3) is 5.69 Å². The second-order valence-electron chi connectivity index (χ2n) is 5.15. The summed E-state index contributed by atoms with van der Waals surface area (Å²) in [5, 5.41) is 20.3. The highest BCUT2D eigenvalue weighted by Crippen LogP contribution is 2.26. The van der Waals surface area contributed by atoms with Crippen LogP contribution in [0.3, 0.4) is 0 Å². The van der Waals surface area contributed by atoms with E-state index in [4.69, 9.17) is 4.74 Å². The molecule has 27 heavy (non-hydrogen) atoms. The van der Waals surface area contributed by atoms with E-state index in [9.17, 15) is 4.79 Å². The van der Waals surface area contributed by atoms with Crippen molar-refractivity contribution in [2.45, 2.75) is 23.0 Å². The molecular weight excluding hydrogens is 404 g/mol. The van der Waals surface area contributed by atoms with Crippen LogP contribution in [0, 0.1) is 0 Å². The number of rotatable bonds is 9. The minimum atomic E-state index is -0.167. The average Bonchev–Trinajstić information content (AvgIpc) is 3.28. The third-order valence-corrected chi connectivity index (χ3v) is 6.02. The number of carbonyl (C=O) groups is 1. The van der Waals surface area contributed by atoms with Crippen LogP contribution in [0.5, 0.6) is 0 Å². The normalized spacial score (nSPS) is 10.9.